The Hall–Kier alpha value is -1.69. The van der Waals surface area contributed by atoms with Gasteiger partial charge >= 0.3 is 12.3 Å². The van der Waals surface area contributed by atoms with Crippen molar-refractivity contribution in [1.29, 1.82) is 0 Å². The Morgan fingerprint density at radius 3 is 2.72 bits per heavy atom. The minimum atomic E-state index is -4.42. The molecule has 0 fully saturated rings. The third kappa shape index (κ3) is 2.95. The number of hydrogen-bond donors (Lipinski definition) is 0. The molecule has 0 radical (unpaired) electrons. The second kappa shape index (κ2) is 4.89. The van der Waals surface area contributed by atoms with E-state index in [9.17, 15) is 13.2 Å². The highest BCUT2D eigenvalue weighted by Crippen LogP contribution is 2.32. The van der Waals surface area contributed by atoms with E-state index in [0.29, 0.717) is 5.69 Å². The van der Waals surface area contributed by atoms with Gasteiger partial charge in [0.2, 0.25) is 0 Å². The van der Waals surface area contributed by atoms with E-state index in [1.54, 1.807) is 0 Å². The molecular weight excluding hydrogens is 271 g/mol. The number of hydrogen-bond acceptors (Lipinski definition) is 3. The first kappa shape index (κ1) is 12.8. The maximum Gasteiger partial charge on any atom is 0.416 e. The zero-order chi connectivity index (χ0) is 13.2. The van der Waals surface area contributed by atoms with Crippen molar-refractivity contribution in [2.45, 2.75) is 12.1 Å². The summed E-state index contributed by atoms with van der Waals surface area (Å²) in [7, 11) is 0. The van der Waals surface area contributed by atoms with Gasteiger partial charge in [0.05, 0.1) is 17.1 Å². The van der Waals surface area contributed by atoms with Gasteiger partial charge in [0.1, 0.15) is 12.0 Å². The molecule has 0 amide bonds. The van der Waals surface area contributed by atoms with E-state index in [4.69, 9.17) is 20.8 Å². The monoisotopic (exact) mass is 277 g/mol. The summed E-state index contributed by atoms with van der Waals surface area (Å²) in [6.45, 7) is 0. The average Bonchev–Trinajstić information content (AvgIpc) is 2.76. The third-order valence-electron chi connectivity index (χ3n) is 2.03. The summed E-state index contributed by atoms with van der Waals surface area (Å²) in [5, 5.41) is 0. The number of benzene rings is 1. The number of alkyl halides is 4. The van der Waals surface area contributed by atoms with Crippen molar-refractivity contribution in [3.8, 4) is 11.8 Å². The highest BCUT2D eigenvalue weighted by atomic mass is 35.5. The molecule has 0 aliphatic rings. The Balaban J connectivity index is 2.19. The van der Waals surface area contributed by atoms with Crippen LogP contribution in [0.2, 0.25) is 0 Å². The van der Waals surface area contributed by atoms with Crippen LogP contribution >= 0.6 is 11.6 Å². The minimum Gasteiger partial charge on any atom is -0.417 e. The molecule has 18 heavy (non-hydrogen) atoms. The van der Waals surface area contributed by atoms with Crippen molar-refractivity contribution < 1.29 is 22.3 Å². The zero-order valence-corrected chi connectivity index (χ0v) is 9.63. The molecule has 0 N–H and O–H groups in total. The van der Waals surface area contributed by atoms with Crippen LogP contribution in [0, 0.1) is 0 Å². The molecule has 0 aliphatic carbocycles. The van der Waals surface area contributed by atoms with Gasteiger partial charge in [-0.05, 0) is 18.2 Å². The third-order valence-corrected chi connectivity index (χ3v) is 2.31. The van der Waals surface area contributed by atoms with Gasteiger partial charge in [-0.2, -0.15) is 18.2 Å². The number of rotatable bonds is 3. The second-order valence-electron chi connectivity index (χ2n) is 3.37. The number of ether oxygens (including phenoxy) is 1. The van der Waals surface area contributed by atoms with Gasteiger partial charge in [0.25, 0.3) is 0 Å². The zero-order valence-electron chi connectivity index (χ0n) is 8.87. The summed E-state index contributed by atoms with van der Waals surface area (Å²) in [5.41, 5.74) is -0.359. The van der Waals surface area contributed by atoms with Crippen LogP contribution in [0.15, 0.2) is 34.9 Å². The molecule has 3 nitrogen and oxygen atoms in total. The SMILES string of the molecule is FC(F)(F)c1cccc(Oc2nc(CCl)co2)c1. The fraction of sp³-hybridized carbons (Fsp3) is 0.182. The normalized spacial score (nSPS) is 11.6. The van der Waals surface area contributed by atoms with Crippen LogP contribution < -0.4 is 4.74 Å². The summed E-state index contributed by atoms with van der Waals surface area (Å²) >= 11 is 5.50. The van der Waals surface area contributed by atoms with E-state index in [1.807, 2.05) is 0 Å². The summed E-state index contributed by atoms with van der Waals surface area (Å²) < 4.78 is 47.3. The molecule has 0 saturated carbocycles. The molecule has 0 atom stereocenters. The lowest BCUT2D eigenvalue weighted by Gasteiger charge is -2.07. The van der Waals surface area contributed by atoms with Crippen LogP contribution in [0.1, 0.15) is 11.3 Å². The van der Waals surface area contributed by atoms with Gasteiger partial charge in [0.15, 0.2) is 0 Å². The first-order valence-corrected chi connectivity index (χ1v) is 5.38. The maximum absolute atomic E-state index is 12.5. The van der Waals surface area contributed by atoms with Crippen LogP contribution in [0.25, 0.3) is 0 Å². The Morgan fingerprint density at radius 1 is 1.33 bits per heavy atom. The fourth-order valence-electron chi connectivity index (χ4n) is 1.23. The summed E-state index contributed by atoms with van der Waals surface area (Å²) in [6.07, 6.45) is -3.29. The first-order valence-electron chi connectivity index (χ1n) is 4.84. The van der Waals surface area contributed by atoms with E-state index in [-0.39, 0.29) is 17.7 Å². The van der Waals surface area contributed by atoms with E-state index < -0.39 is 11.7 Å². The smallest absolute Gasteiger partial charge is 0.416 e. The largest absolute Gasteiger partial charge is 0.417 e. The Labute approximate surface area is 105 Å². The second-order valence-corrected chi connectivity index (χ2v) is 3.63. The number of aromatic nitrogens is 1. The molecule has 0 unspecified atom stereocenters. The van der Waals surface area contributed by atoms with Crippen LogP contribution in [-0.4, -0.2) is 4.98 Å². The molecule has 0 bridgehead atoms. The lowest BCUT2D eigenvalue weighted by Crippen LogP contribution is -2.04. The predicted octanol–water partition coefficient (Wildman–Crippen LogP) is 4.22. The van der Waals surface area contributed by atoms with Crippen LogP contribution in [-0.2, 0) is 12.1 Å². The number of halogens is 4. The molecular formula is C11H7ClF3NO2. The molecule has 0 aliphatic heterocycles. The van der Waals surface area contributed by atoms with Gasteiger partial charge in [-0.25, -0.2) is 0 Å². The van der Waals surface area contributed by atoms with Gasteiger partial charge in [0, 0.05) is 0 Å². The van der Waals surface area contributed by atoms with Gasteiger partial charge < -0.3 is 9.15 Å². The quantitative estimate of drug-likeness (QED) is 0.788. The van der Waals surface area contributed by atoms with Crippen LogP contribution in [0.3, 0.4) is 0 Å². The molecule has 2 aromatic rings. The van der Waals surface area contributed by atoms with Gasteiger partial charge in [-0.1, -0.05) is 6.07 Å². The summed E-state index contributed by atoms with van der Waals surface area (Å²) in [6, 6.07) is 4.43. The lowest BCUT2D eigenvalue weighted by molar-refractivity contribution is -0.137. The Morgan fingerprint density at radius 2 is 2.11 bits per heavy atom. The maximum atomic E-state index is 12.5. The van der Waals surface area contributed by atoms with Crippen molar-refractivity contribution in [3.05, 3.63) is 41.8 Å². The standard InChI is InChI=1S/C11H7ClF3NO2/c12-5-8-6-17-10(16-8)18-9-3-1-2-7(4-9)11(13,14)15/h1-4,6H,5H2. The van der Waals surface area contributed by atoms with Crippen molar-refractivity contribution in [1.82, 2.24) is 4.98 Å². The summed E-state index contributed by atoms with van der Waals surface area (Å²) in [5.74, 6) is 0.128. The average molecular weight is 278 g/mol. The minimum absolute atomic E-state index is 0.00667. The molecule has 1 heterocycles. The Kier molecular flexibility index (Phi) is 3.47. The lowest BCUT2D eigenvalue weighted by atomic mass is 10.2. The van der Waals surface area contributed by atoms with Crippen molar-refractivity contribution in [3.63, 3.8) is 0 Å². The van der Waals surface area contributed by atoms with Crippen molar-refractivity contribution in [2.24, 2.45) is 0 Å². The highest BCUT2D eigenvalue weighted by molar-refractivity contribution is 6.16. The highest BCUT2D eigenvalue weighted by Gasteiger charge is 2.30. The van der Waals surface area contributed by atoms with Crippen molar-refractivity contribution >= 4 is 11.6 Å². The van der Waals surface area contributed by atoms with E-state index in [2.05, 4.69) is 4.98 Å². The topological polar surface area (TPSA) is 35.3 Å². The molecule has 96 valence electrons. The van der Waals surface area contributed by atoms with E-state index >= 15 is 0 Å². The molecule has 1 aromatic heterocycles. The van der Waals surface area contributed by atoms with Gasteiger partial charge in [-0.3, -0.25) is 0 Å². The fourth-order valence-corrected chi connectivity index (χ4v) is 1.36. The van der Waals surface area contributed by atoms with Gasteiger partial charge in [-0.15, -0.1) is 11.6 Å². The first-order chi connectivity index (χ1) is 8.49. The van der Waals surface area contributed by atoms with Crippen LogP contribution in [0.4, 0.5) is 13.2 Å². The molecule has 0 saturated heterocycles. The summed E-state index contributed by atoms with van der Waals surface area (Å²) in [4.78, 5) is 3.81. The predicted molar refractivity (Wildman–Crippen MR) is 57.6 cm³/mol. The van der Waals surface area contributed by atoms with E-state index in [0.717, 1.165) is 12.1 Å². The molecule has 7 heteroatoms. The van der Waals surface area contributed by atoms with E-state index in [1.165, 1.54) is 18.4 Å². The van der Waals surface area contributed by atoms with Crippen molar-refractivity contribution in [2.75, 3.05) is 0 Å². The molecule has 1 aromatic carbocycles. The van der Waals surface area contributed by atoms with Crippen LogP contribution in [0.5, 0.6) is 11.8 Å². The molecule has 0 spiro atoms. The molecule has 2 rings (SSSR count). The number of oxazole rings is 1. The Bertz CT molecular complexity index is 539. The number of nitrogens with zero attached hydrogens (tertiary/aromatic N) is 1.